The fourth-order valence-corrected chi connectivity index (χ4v) is 5.10. The lowest BCUT2D eigenvalue weighted by atomic mass is 9.81. The zero-order valence-corrected chi connectivity index (χ0v) is 24.8. The van der Waals surface area contributed by atoms with Crippen molar-refractivity contribution >= 4 is 22.8 Å². The number of nitrogens with one attached hydrogen (secondary N) is 2. The van der Waals surface area contributed by atoms with Gasteiger partial charge in [0.05, 0.1) is 30.4 Å². The van der Waals surface area contributed by atoms with Gasteiger partial charge in [-0.25, -0.2) is 9.37 Å². The van der Waals surface area contributed by atoms with Crippen LogP contribution in [0.4, 0.5) is 4.39 Å². The molecular formula is C34H39FN4O4. The third-order valence-electron chi connectivity index (χ3n) is 7.45. The van der Waals surface area contributed by atoms with E-state index < -0.39 is 29.1 Å². The molecule has 0 unspecified atom stereocenters. The van der Waals surface area contributed by atoms with Crippen LogP contribution in [-0.2, 0) is 17.8 Å². The van der Waals surface area contributed by atoms with Crippen LogP contribution in [0, 0.1) is 0 Å². The SMILES string of the molecule is COc1ccccc1CNC(=O)[C@@](Cc1ccccc1)(NC(=O)c1cnc2ccccc2n1)[C@@H](O)CCCCC(C)(C)F. The Bertz CT molecular complexity index is 1530. The van der Waals surface area contributed by atoms with E-state index in [0.29, 0.717) is 36.0 Å². The van der Waals surface area contributed by atoms with Crippen LogP contribution in [-0.4, -0.2) is 51.3 Å². The number of carbonyl (C=O) groups is 2. The molecule has 0 bridgehead atoms. The van der Waals surface area contributed by atoms with Crippen molar-refractivity contribution in [2.24, 2.45) is 0 Å². The average molecular weight is 587 g/mol. The second-order valence-electron chi connectivity index (χ2n) is 11.3. The summed E-state index contributed by atoms with van der Waals surface area (Å²) in [5.41, 5.74) is -0.485. The molecule has 2 atom stereocenters. The molecule has 0 fully saturated rings. The normalized spacial score (nSPS) is 13.6. The molecule has 1 heterocycles. The number of aliphatic hydroxyl groups excluding tert-OH is 1. The van der Waals surface area contributed by atoms with Crippen LogP contribution in [0.25, 0.3) is 11.0 Å². The molecular weight excluding hydrogens is 547 g/mol. The van der Waals surface area contributed by atoms with Gasteiger partial charge in [0.1, 0.15) is 22.7 Å². The van der Waals surface area contributed by atoms with E-state index in [1.54, 1.807) is 31.4 Å². The van der Waals surface area contributed by atoms with Crippen LogP contribution in [0.1, 0.15) is 61.1 Å². The van der Waals surface area contributed by atoms with Gasteiger partial charge in [-0.1, -0.05) is 73.5 Å². The summed E-state index contributed by atoms with van der Waals surface area (Å²) in [6.07, 6.45) is 1.50. The topological polar surface area (TPSA) is 113 Å². The summed E-state index contributed by atoms with van der Waals surface area (Å²) in [6, 6.07) is 23.6. The summed E-state index contributed by atoms with van der Waals surface area (Å²) in [4.78, 5) is 36.8. The highest BCUT2D eigenvalue weighted by atomic mass is 19.1. The molecule has 43 heavy (non-hydrogen) atoms. The molecule has 3 N–H and O–H groups in total. The predicted molar refractivity (Wildman–Crippen MR) is 164 cm³/mol. The van der Waals surface area contributed by atoms with Crippen LogP contribution in [0.15, 0.2) is 85.1 Å². The summed E-state index contributed by atoms with van der Waals surface area (Å²) >= 11 is 0. The summed E-state index contributed by atoms with van der Waals surface area (Å²) in [7, 11) is 1.55. The Hall–Kier alpha value is -4.37. The lowest BCUT2D eigenvalue weighted by Gasteiger charge is -2.38. The zero-order valence-electron chi connectivity index (χ0n) is 24.8. The van der Waals surface area contributed by atoms with Crippen molar-refractivity contribution in [3.63, 3.8) is 0 Å². The molecule has 0 saturated heterocycles. The largest absolute Gasteiger partial charge is 0.496 e. The Morgan fingerprint density at radius 2 is 1.63 bits per heavy atom. The van der Waals surface area contributed by atoms with E-state index in [1.165, 1.54) is 20.0 Å². The van der Waals surface area contributed by atoms with Crippen LogP contribution in [0.3, 0.4) is 0 Å². The highest BCUT2D eigenvalue weighted by Crippen LogP contribution is 2.26. The molecule has 0 spiro atoms. The number of nitrogens with zero attached hydrogens (tertiary/aromatic N) is 2. The van der Waals surface area contributed by atoms with Crippen molar-refractivity contribution in [2.75, 3.05) is 7.11 Å². The minimum atomic E-state index is -1.78. The Balaban J connectivity index is 1.69. The molecule has 4 aromatic rings. The monoisotopic (exact) mass is 586 g/mol. The number of fused-ring (bicyclic) bond motifs is 1. The molecule has 0 radical (unpaired) electrons. The minimum Gasteiger partial charge on any atom is -0.496 e. The number of hydrogen-bond acceptors (Lipinski definition) is 6. The maximum atomic E-state index is 14.2. The summed E-state index contributed by atoms with van der Waals surface area (Å²) in [6.45, 7) is 3.13. The molecule has 3 aromatic carbocycles. The number of rotatable bonds is 14. The van der Waals surface area contributed by atoms with Crippen molar-refractivity contribution in [1.29, 1.82) is 0 Å². The number of aliphatic hydroxyl groups is 1. The molecule has 0 aliphatic carbocycles. The Kier molecular flexibility index (Phi) is 10.4. The minimum absolute atomic E-state index is 0.00805. The average Bonchev–Trinajstić information content (AvgIpc) is 3.01. The number of alkyl halides is 1. The van der Waals surface area contributed by atoms with Gasteiger partial charge in [-0.3, -0.25) is 14.6 Å². The number of ether oxygens (including phenoxy) is 1. The van der Waals surface area contributed by atoms with E-state index in [9.17, 15) is 19.1 Å². The van der Waals surface area contributed by atoms with Crippen LogP contribution >= 0.6 is 0 Å². The molecule has 0 saturated carbocycles. The van der Waals surface area contributed by atoms with Gasteiger partial charge in [-0.15, -0.1) is 0 Å². The van der Waals surface area contributed by atoms with Crippen molar-refractivity contribution in [2.45, 2.75) is 69.8 Å². The van der Waals surface area contributed by atoms with Crippen LogP contribution in [0.5, 0.6) is 5.75 Å². The van der Waals surface area contributed by atoms with E-state index in [2.05, 4.69) is 20.6 Å². The second-order valence-corrected chi connectivity index (χ2v) is 11.3. The first kappa shape index (κ1) is 31.6. The Morgan fingerprint density at radius 1 is 0.953 bits per heavy atom. The van der Waals surface area contributed by atoms with Gasteiger partial charge in [0.15, 0.2) is 0 Å². The number of aromatic nitrogens is 2. The first-order valence-electron chi connectivity index (χ1n) is 14.5. The number of benzene rings is 3. The quantitative estimate of drug-likeness (QED) is 0.172. The van der Waals surface area contributed by atoms with Crippen molar-refractivity contribution in [1.82, 2.24) is 20.6 Å². The third kappa shape index (κ3) is 8.35. The van der Waals surface area contributed by atoms with E-state index in [-0.39, 0.29) is 25.1 Å². The molecule has 0 aliphatic heterocycles. The smallest absolute Gasteiger partial charge is 0.272 e. The molecule has 1 aromatic heterocycles. The van der Waals surface area contributed by atoms with Gasteiger partial charge >= 0.3 is 0 Å². The fraction of sp³-hybridized carbons (Fsp3) is 0.353. The first-order chi connectivity index (χ1) is 20.6. The van der Waals surface area contributed by atoms with Gasteiger partial charge in [-0.05, 0) is 50.5 Å². The van der Waals surface area contributed by atoms with Crippen molar-refractivity contribution in [3.05, 3.63) is 102 Å². The van der Waals surface area contributed by atoms with E-state index in [0.717, 1.165) is 11.1 Å². The van der Waals surface area contributed by atoms with E-state index in [4.69, 9.17) is 4.74 Å². The van der Waals surface area contributed by atoms with Gasteiger partial charge in [0.2, 0.25) is 5.91 Å². The molecule has 4 rings (SSSR count). The predicted octanol–water partition coefficient (Wildman–Crippen LogP) is 5.34. The maximum Gasteiger partial charge on any atom is 0.272 e. The second kappa shape index (κ2) is 14.2. The number of carbonyl (C=O) groups excluding carboxylic acids is 2. The highest BCUT2D eigenvalue weighted by molar-refractivity contribution is 5.99. The maximum absolute atomic E-state index is 14.2. The number of unbranched alkanes of at least 4 members (excludes halogenated alkanes) is 1. The molecule has 2 amide bonds. The number of amides is 2. The number of hydrogen-bond donors (Lipinski definition) is 3. The number of para-hydroxylation sites is 3. The summed E-state index contributed by atoms with van der Waals surface area (Å²) < 4.78 is 19.6. The summed E-state index contributed by atoms with van der Waals surface area (Å²) in [5.74, 6) is -0.616. The van der Waals surface area contributed by atoms with E-state index in [1.807, 2.05) is 54.6 Å². The molecule has 9 heteroatoms. The zero-order chi connectivity index (χ0) is 30.9. The highest BCUT2D eigenvalue weighted by Gasteiger charge is 2.46. The van der Waals surface area contributed by atoms with Gasteiger partial charge < -0.3 is 20.5 Å². The van der Waals surface area contributed by atoms with Gasteiger partial charge in [0, 0.05) is 18.5 Å². The molecule has 226 valence electrons. The van der Waals surface area contributed by atoms with Gasteiger partial charge in [-0.2, -0.15) is 0 Å². The van der Waals surface area contributed by atoms with Crippen molar-refractivity contribution in [3.8, 4) is 5.75 Å². The summed E-state index contributed by atoms with van der Waals surface area (Å²) in [5, 5.41) is 17.6. The van der Waals surface area contributed by atoms with Crippen LogP contribution < -0.4 is 15.4 Å². The lowest BCUT2D eigenvalue weighted by molar-refractivity contribution is -0.132. The van der Waals surface area contributed by atoms with E-state index >= 15 is 0 Å². The molecule has 8 nitrogen and oxygen atoms in total. The number of methoxy groups -OCH3 is 1. The van der Waals surface area contributed by atoms with Crippen molar-refractivity contribution < 1.29 is 23.8 Å². The fourth-order valence-electron chi connectivity index (χ4n) is 5.10. The lowest BCUT2D eigenvalue weighted by Crippen LogP contribution is -2.66. The number of halogens is 1. The first-order valence-corrected chi connectivity index (χ1v) is 14.5. The van der Waals surface area contributed by atoms with Gasteiger partial charge in [0.25, 0.3) is 5.91 Å². The third-order valence-corrected chi connectivity index (χ3v) is 7.45. The Morgan fingerprint density at radius 3 is 2.35 bits per heavy atom. The standard InChI is InChI=1S/C34H39FN4O4/c1-33(2,35)20-12-11-19-30(40)34(21-24-13-5-4-6-14-24,32(42)37-22-25-15-7-10-18-29(25)43-3)39-31(41)28-23-36-26-16-8-9-17-27(26)38-28/h4-10,13-18,23,30,40H,11-12,19-22H2,1-3H3,(H,37,42)(H,39,41)/t30-,34-/m0/s1. The van der Waals surface area contributed by atoms with Crippen LogP contribution in [0.2, 0.25) is 0 Å². The Labute approximate surface area is 251 Å². The molecule has 0 aliphatic rings.